The summed E-state index contributed by atoms with van der Waals surface area (Å²) >= 11 is 0. The molecular formula is C10H10O6. The molecule has 0 unspecified atom stereocenters. The molecule has 16 heavy (non-hydrogen) atoms. The summed E-state index contributed by atoms with van der Waals surface area (Å²) in [6, 6.07) is 4.85. The summed E-state index contributed by atoms with van der Waals surface area (Å²) in [5.41, 5.74) is 0. The van der Waals surface area contributed by atoms with Gasteiger partial charge in [0, 0.05) is 6.07 Å². The molecule has 86 valence electrons. The molecular weight excluding hydrogens is 216 g/mol. The lowest BCUT2D eigenvalue weighted by Crippen LogP contribution is -2.26. The van der Waals surface area contributed by atoms with E-state index in [9.17, 15) is 4.79 Å². The van der Waals surface area contributed by atoms with E-state index in [0.29, 0.717) is 17.2 Å². The molecule has 0 fully saturated rings. The van der Waals surface area contributed by atoms with Crippen LogP contribution in [0.25, 0.3) is 0 Å². The summed E-state index contributed by atoms with van der Waals surface area (Å²) in [5, 5.41) is 17.4. The highest BCUT2D eigenvalue weighted by molar-refractivity contribution is 5.72. The molecule has 1 aliphatic heterocycles. The molecule has 1 heterocycles. The zero-order valence-electron chi connectivity index (χ0n) is 8.25. The van der Waals surface area contributed by atoms with E-state index >= 15 is 0 Å². The molecule has 1 aliphatic rings. The van der Waals surface area contributed by atoms with E-state index in [0.717, 1.165) is 0 Å². The molecule has 1 atom stereocenters. The Kier molecular flexibility index (Phi) is 2.82. The molecule has 6 nitrogen and oxygen atoms in total. The van der Waals surface area contributed by atoms with Crippen molar-refractivity contribution in [3.8, 4) is 17.2 Å². The van der Waals surface area contributed by atoms with Gasteiger partial charge in [-0.3, -0.25) is 0 Å². The second-order valence-electron chi connectivity index (χ2n) is 3.18. The molecule has 0 amide bonds. The van der Waals surface area contributed by atoms with Crippen LogP contribution in [-0.2, 0) is 4.79 Å². The number of carbonyl (C=O) groups is 1. The van der Waals surface area contributed by atoms with Crippen LogP contribution in [-0.4, -0.2) is 35.7 Å². The number of ether oxygens (including phenoxy) is 3. The molecule has 0 aromatic heterocycles. The minimum absolute atomic E-state index is 0.163. The molecule has 2 N–H and O–H groups in total. The van der Waals surface area contributed by atoms with E-state index < -0.39 is 12.1 Å². The third kappa shape index (κ3) is 2.17. The SMILES string of the molecule is O=C(O)[C@@H](O)COc1ccc2c(c1)OCO2. The number of aliphatic carboxylic acids is 1. The topological polar surface area (TPSA) is 85.2 Å². The summed E-state index contributed by atoms with van der Waals surface area (Å²) in [5.74, 6) is 0.263. The van der Waals surface area contributed by atoms with Gasteiger partial charge in [0.05, 0.1) is 0 Å². The first-order valence-corrected chi connectivity index (χ1v) is 4.60. The fraction of sp³-hybridized carbons (Fsp3) is 0.300. The van der Waals surface area contributed by atoms with Gasteiger partial charge in [-0.2, -0.15) is 0 Å². The lowest BCUT2D eigenvalue weighted by molar-refractivity contribution is -0.148. The van der Waals surface area contributed by atoms with E-state index in [1.165, 1.54) is 0 Å². The first-order chi connectivity index (χ1) is 7.66. The fourth-order valence-corrected chi connectivity index (χ4v) is 1.21. The minimum atomic E-state index is -1.54. The van der Waals surface area contributed by atoms with Crippen molar-refractivity contribution in [3.63, 3.8) is 0 Å². The van der Waals surface area contributed by atoms with Gasteiger partial charge in [0.25, 0.3) is 0 Å². The maximum absolute atomic E-state index is 10.3. The number of hydrogen-bond donors (Lipinski definition) is 2. The lowest BCUT2D eigenvalue weighted by atomic mass is 10.3. The van der Waals surface area contributed by atoms with Crippen LogP contribution in [0.4, 0.5) is 0 Å². The van der Waals surface area contributed by atoms with Crippen LogP contribution < -0.4 is 14.2 Å². The highest BCUT2D eigenvalue weighted by Gasteiger charge is 2.16. The van der Waals surface area contributed by atoms with Gasteiger partial charge in [0.2, 0.25) is 6.79 Å². The normalized spacial score (nSPS) is 14.6. The maximum atomic E-state index is 10.3. The summed E-state index contributed by atoms with van der Waals surface area (Å²) < 4.78 is 15.3. The average molecular weight is 226 g/mol. The van der Waals surface area contributed by atoms with Gasteiger partial charge in [-0.15, -0.1) is 0 Å². The van der Waals surface area contributed by atoms with Crippen LogP contribution in [0, 0.1) is 0 Å². The predicted molar refractivity (Wildman–Crippen MR) is 51.7 cm³/mol. The number of fused-ring (bicyclic) bond motifs is 1. The smallest absolute Gasteiger partial charge is 0.336 e. The summed E-state index contributed by atoms with van der Waals surface area (Å²) in [6.07, 6.45) is -1.54. The summed E-state index contributed by atoms with van der Waals surface area (Å²) in [4.78, 5) is 10.3. The number of rotatable bonds is 4. The Morgan fingerprint density at radius 1 is 1.44 bits per heavy atom. The largest absolute Gasteiger partial charge is 0.490 e. The van der Waals surface area contributed by atoms with Gasteiger partial charge in [0.15, 0.2) is 17.6 Å². The molecule has 0 spiro atoms. The van der Waals surface area contributed by atoms with E-state index in [4.69, 9.17) is 24.4 Å². The van der Waals surface area contributed by atoms with Crippen LogP contribution >= 0.6 is 0 Å². The lowest BCUT2D eigenvalue weighted by Gasteiger charge is -2.08. The molecule has 0 saturated carbocycles. The van der Waals surface area contributed by atoms with Crippen molar-refractivity contribution in [1.29, 1.82) is 0 Å². The highest BCUT2D eigenvalue weighted by atomic mass is 16.7. The van der Waals surface area contributed by atoms with Crippen molar-refractivity contribution in [1.82, 2.24) is 0 Å². The number of hydrogen-bond acceptors (Lipinski definition) is 5. The second-order valence-corrected chi connectivity index (χ2v) is 3.18. The van der Waals surface area contributed by atoms with Crippen molar-refractivity contribution < 1.29 is 29.2 Å². The molecule has 6 heteroatoms. The Bertz CT molecular complexity index is 402. The third-order valence-electron chi connectivity index (χ3n) is 2.04. The Hall–Kier alpha value is -1.95. The van der Waals surface area contributed by atoms with Gasteiger partial charge in [-0.05, 0) is 12.1 Å². The molecule has 0 bridgehead atoms. The first-order valence-electron chi connectivity index (χ1n) is 4.60. The van der Waals surface area contributed by atoms with Crippen LogP contribution in [0.3, 0.4) is 0 Å². The van der Waals surface area contributed by atoms with Crippen molar-refractivity contribution >= 4 is 5.97 Å². The monoisotopic (exact) mass is 226 g/mol. The predicted octanol–water partition coefficient (Wildman–Crippen LogP) is 0.240. The van der Waals surface area contributed by atoms with E-state index in [1.54, 1.807) is 18.2 Å². The highest BCUT2D eigenvalue weighted by Crippen LogP contribution is 2.35. The Balaban J connectivity index is 1.98. The zero-order chi connectivity index (χ0) is 11.5. The summed E-state index contributed by atoms with van der Waals surface area (Å²) in [7, 11) is 0. The number of aliphatic hydroxyl groups excluding tert-OH is 1. The first kappa shape index (κ1) is 10.6. The third-order valence-corrected chi connectivity index (χ3v) is 2.04. The van der Waals surface area contributed by atoms with E-state index in [2.05, 4.69) is 0 Å². The van der Waals surface area contributed by atoms with E-state index in [-0.39, 0.29) is 13.4 Å². The van der Waals surface area contributed by atoms with Gasteiger partial charge < -0.3 is 24.4 Å². The fourth-order valence-electron chi connectivity index (χ4n) is 1.21. The van der Waals surface area contributed by atoms with Gasteiger partial charge in [-0.25, -0.2) is 4.79 Å². The van der Waals surface area contributed by atoms with Crippen molar-refractivity contribution in [2.75, 3.05) is 13.4 Å². The molecule has 0 radical (unpaired) electrons. The van der Waals surface area contributed by atoms with Gasteiger partial charge in [0.1, 0.15) is 12.4 Å². The van der Waals surface area contributed by atoms with Crippen molar-refractivity contribution in [2.24, 2.45) is 0 Å². The van der Waals surface area contributed by atoms with E-state index in [1.807, 2.05) is 0 Å². The quantitative estimate of drug-likeness (QED) is 0.764. The number of aliphatic hydroxyl groups is 1. The van der Waals surface area contributed by atoms with Crippen LogP contribution in [0.1, 0.15) is 0 Å². The Labute approximate surface area is 91.0 Å². The standard InChI is InChI=1S/C10H10O6/c11-7(10(12)13)4-14-6-1-2-8-9(3-6)16-5-15-8/h1-3,7,11H,4-5H2,(H,12,13)/t7-/m0/s1. The molecule has 1 aromatic carbocycles. The number of benzene rings is 1. The minimum Gasteiger partial charge on any atom is -0.490 e. The van der Waals surface area contributed by atoms with Crippen LogP contribution in [0.5, 0.6) is 17.2 Å². The van der Waals surface area contributed by atoms with Crippen LogP contribution in [0.15, 0.2) is 18.2 Å². The maximum Gasteiger partial charge on any atom is 0.336 e. The average Bonchev–Trinajstić information content (AvgIpc) is 2.72. The number of carboxylic acid groups (broad SMARTS) is 1. The van der Waals surface area contributed by atoms with Gasteiger partial charge >= 0.3 is 5.97 Å². The van der Waals surface area contributed by atoms with Gasteiger partial charge in [-0.1, -0.05) is 0 Å². The molecule has 1 aromatic rings. The molecule has 0 aliphatic carbocycles. The zero-order valence-corrected chi connectivity index (χ0v) is 8.25. The van der Waals surface area contributed by atoms with Crippen molar-refractivity contribution in [3.05, 3.63) is 18.2 Å². The summed E-state index contributed by atoms with van der Waals surface area (Å²) in [6.45, 7) is -0.147. The Morgan fingerprint density at radius 3 is 2.94 bits per heavy atom. The van der Waals surface area contributed by atoms with Crippen LogP contribution in [0.2, 0.25) is 0 Å². The molecule has 2 rings (SSSR count). The Morgan fingerprint density at radius 2 is 2.19 bits per heavy atom. The van der Waals surface area contributed by atoms with Crippen molar-refractivity contribution in [2.45, 2.75) is 6.10 Å². The number of carboxylic acids is 1. The molecule has 0 saturated heterocycles. The second kappa shape index (κ2) is 4.28.